The number of amidine groups is 1. The van der Waals surface area contributed by atoms with E-state index in [1.165, 1.54) is 6.20 Å². The minimum absolute atomic E-state index is 0.199. The highest BCUT2D eigenvalue weighted by Gasteiger charge is 2.36. The monoisotopic (exact) mass is 234 g/mol. The molecule has 5 heteroatoms. The fraction of sp³-hybridized carbons (Fsp3) is 0.727. The smallest absolute Gasteiger partial charge is 0.343 e. The second kappa shape index (κ2) is 4.89. The van der Waals surface area contributed by atoms with Gasteiger partial charge in [0.05, 0.1) is 0 Å². The van der Waals surface area contributed by atoms with E-state index in [0.717, 1.165) is 5.57 Å². The molecule has 0 saturated carbocycles. The number of nitrogens with zero attached hydrogens (tertiary/aromatic N) is 1. The summed E-state index contributed by atoms with van der Waals surface area (Å²) >= 11 is 0. The van der Waals surface area contributed by atoms with Gasteiger partial charge in [-0.15, -0.1) is 0 Å². The molecule has 92 valence electrons. The number of hydrogen-bond donors (Lipinski definition) is 1. The van der Waals surface area contributed by atoms with Crippen molar-refractivity contribution in [2.24, 2.45) is 16.8 Å². The topological polar surface area (TPSA) is 24.4 Å². The van der Waals surface area contributed by atoms with Gasteiger partial charge in [-0.05, 0) is 23.8 Å². The van der Waals surface area contributed by atoms with Gasteiger partial charge < -0.3 is 5.32 Å². The molecule has 0 aromatic carbocycles. The Morgan fingerprint density at radius 1 is 1.31 bits per heavy atom. The van der Waals surface area contributed by atoms with E-state index in [9.17, 15) is 13.2 Å². The van der Waals surface area contributed by atoms with E-state index in [4.69, 9.17) is 0 Å². The van der Waals surface area contributed by atoms with Crippen molar-refractivity contribution in [3.8, 4) is 0 Å². The Bertz CT molecular complexity index is 303. The van der Waals surface area contributed by atoms with Crippen LogP contribution in [0.3, 0.4) is 0 Å². The molecule has 0 radical (unpaired) electrons. The molecule has 1 aliphatic heterocycles. The van der Waals surface area contributed by atoms with Crippen LogP contribution in [-0.2, 0) is 0 Å². The maximum atomic E-state index is 12.4. The molecule has 0 aromatic rings. The van der Waals surface area contributed by atoms with Crippen molar-refractivity contribution < 1.29 is 13.2 Å². The highest BCUT2D eigenvalue weighted by molar-refractivity contribution is 5.88. The molecule has 0 aromatic heterocycles. The average Bonchev–Trinajstić information content (AvgIpc) is 2.40. The number of halogens is 3. The predicted octanol–water partition coefficient (Wildman–Crippen LogP) is 3.12. The highest BCUT2D eigenvalue weighted by Crippen LogP contribution is 2.24. The lowest BCUT2D eigenvalue weighted by molar-refractivity contribution is -0.0613. The van der Waals surface area contributed by atoms with E-state index in [0.29, 0.717) is 12.3 Å². The molecule has 1 heterocycles. The molecule has 1 N–H and O–H groups in total. The van der Waals surface area contributed by atoms with Gasteiger partial charge in [0.1, 0.15) is 0 Å². The molecule has 1 rings (SSSR count). The van der Waals surface area contributed by atoms with Crippen LogP contribution in [0.5, 0.6) is 0 Å². The first-order chi connectivity index (χ1) is 7.32. The normalized spacial score (nSPS) is 19.7. The van der Waals surface area contributed by atoms with Crippen LogP contribution in [0, 0.1) is 11.8 Å². The fourth-order valence-electron chi connectivity index (χ4n) is 1.53. The number of hydrogen-bond acceptors (Lipinski definition) is 2. The van der Waals surface area contributed by atoms with E-state index in [2.05, 4.69) is 24.2 Å². The van der Waals surface area contributed by atoms with Gasteiger partial charge in [0.2, 0.25) is 5.84 Å². The van der Waals surface area contributed by atoms with Crippen LogP contribution in [-0.4, -0.2) is 18.6 Å². The van der Waals surface area contributed by atoms with Gasteiger partial charge in [-0.1, -0.05) is 20.8 Å². The predicted molar refractivity (Wildman–Crippen MR) is 58.2 cm³/mol. The summed E-state index contributed by atoms with van der Waals surface area (Å²) in [5.74, 6) is -0.200. The van der Waals surface area contributed by atoms with E-state index in [-0.39, 0.29) is 12.5 Å². The Balaban J connectivity index is 2.75. The van der Waals surface area contributed by atoms with Crippen molar-refractivity contribution in [1.29, 1.82) is 0 Å². The van der Waals surface area contributed by atoms with Crippen molar-refractivity contribution >= 4 is 5.84 Å². The highest BCUT2D eigenvalue weighted by atomic mass is 19.4. The molecular weight excluding hydrogens is 217 g/mol. The zero-order chi connectivity index (χ0) is 12.3. The molecule has 1 aliphatic rings. The summed E-state index contributed by atoms with van der Waals surface area (Å²) in [6, 6.07) is 0. The summed E-state index contributed by atoms with van der Waals surface area (Å²) < 4.78 is 37.2. The third-order valence-corrected chi connectivity index (χ3v) is 2.92. The third-order valence-electron chi connectivity index (χ3n) is 2.92. The molecule has 1 unspecified atom stereocenters. The summed E-state index contributed by atoms with van der Waals surface area (Å²) in [6.07, 6.45) is -2.33. The lowest BCUT2D eigenvalue weighted by Crippen LogP contribution is -2.33. The number of aliphatic imine (C=N–C) groups is 1. The van der Waals surface area contributed by atoms with Crippen LogP contribution in [0.4, 0.5) is 13.2 Å². The van der Waals surface area contributed by atoms with Crippen LogP contribution >= 0.6 is 0 Å². The van der Waals surface area contributed by atoms with Gasteiger partial charge >= 0.3 is 6.18 Å². The van der Waals surface area contributed by atoms with Gasteiger partial charge in [-0.2, -0.15) is 13.2 Å². The van der Waals surface area contributed by atoms with Crippen molar-refractivity contribution in [3.63, 3.8) is 0 Å². The van der Waals surface area contributed by atoms with Crippen LogP contribution in [0.25, 0.3) is 0 Å². The van der Waals surface area contributed by atoms with E-state index in [1.807, 2.05) is 6.92 Å². The van der Waals surface area contributed by atoms with Crippen molar-refractivity contribution in [3.05, 3.63) is 11.8 Å². The molecule has 0 fully saturated rings. The van der Waals surface area contributed by atoms with Crippen LogP contribution in [0.2, 0.25) is 0 Å². The Kier molecular flexibility index (Phi) is 3.99. The Labute approximate surface area is 93.6 Å². The van der Waals surface area contributed by atoms with Crippen LogP contribution in [0.15, 0.2) is 16.8 Å². The zero-order valence-corrected chi connectivity index (χ0v) is 9.73. The van der Waals surface area contributed by atoms with Gasteiger partial charge in [0.15, 0.2) is 0 Å². The first-order valence-electron chi connectivity index (χ1n) is 5.39. The second-order valence-electron chi connectivity index (χ2n) is 4.37. The lowest BCUT2D eigenvalue weighted by Gasteiger charge is -2.18. The van der Waals surface area contributed by atoms with E-state index >= 15 is 0 Å². The number of rotatable bonds is 2. The van der Waals surface area contributed by atoms with Crippen LogP contribution < -0.4 is 5.32 Å². The quantitative estimate of drug-likeness (QED) is 0.780. The molecule has 0 saturated heterocycles. The largest absolute Gasteiger partial charge is 0.449 e. The number of alkyl halides is 3. The zero-order valence-electron chi connectivity index (χ0n) is 9.73. The Hall–Kier alpha value is -1.00. The molecule has 0 amide bonds. The first-order valence-corrected chi connectivity index (χ1v) is 5.39. The minimum atomic E-state index is -4.38. The molecule has 1 atom stereocenters. The van der Waals surface area contributed by atoms with Crippen molar-refractivity contribution in [1.82, 2.24) is 5.32 Å². The van der Waals surface area contributed by atoms with E-state index < -0.39 is 12.0 Å². The SMILES string of the molecule is CC(C)C(C)C1=CNC(C(F)(F)F)=NCC1. The maximum Gasteiger partial charge on any atom is 0.449 e. The maximum absolute atomic E-state index is 12.4. The molecule has 16 heavy (non-hydrogen) atoms. The van der Waals surface area contributed by atoms with Crippen molar-refractivity contribution in [2.75, 3.05) is 6.54 Å². The average molecular weight is 234 g/mol. The molecular formula is C11H17F3N2. The van der Waals surface area contributed by atoms with Gasteiger partial charge in [0, 0.05) is 12.7 Å². The number of nitrogens with one attached hydrogen (secondary N) is 1. The summed E-state index contributed by atoms with van der Waals surface area (Å²) in [5, 5.41) is 2.27. The first kappa shape index (κ1) is 13.1. The molecule has 0 spiro atoms. The van der Waals surface area contributed by atoms with Crippen molar-refractivity contribution in [2.45, 2.75) is 33.4 Å². The standard InChI is InChI=1S/C11H17F3N2/c1-7(2)8(3)9-4-5-15-10(16-6-9)11(12,13)14/h6-8H,4-5H2,1-3H3,(H,15,16). The van der Waals surface area contributed by atoms with Gasteiger partial charge in [0.25, 0.3) is 0 Å². The lowest BCUT2D eigenvalue weighted by atomic mass is 9.89. The Morgan fingerprint density at radius 3 is 2.44 bits per heavy atom. The second-order valence-corrected chi connectivity index (χ2v) is 4.37. The molecule has 2 nitrogen and oxygen atoms in total. The summed E-state index contributed by atoms with van der Waals surface area (Å²) in [7, 11) is 0. The van der Waals surface area contributed by atoms with Gasteiger partial charge in [-0.25, -0.2) is 0 Å². The Morgan fingerprint density at radius 2 is 1.94 bits per heavy atom. The molecule has 0 bridgehead atoms. The molecule has 0 aliphatic carbocycles. The summed E-state index contributed by atoms with van der Waals surface area (Å²) in [5.41, 5.74) is 0.998. The third kappa shape index (κ3) is 3.25. The fourth-order valence-corrected chi connectivity index (χ4v) is 1.53. The summed E-state index contributed by atoms with van der Waals surface area (Å²) in [6.45, 7) is 6.34. The van der Waals surface area contributed by atoms with Crippen LogP contribution in [0.1, 0.15) is 27.2 Å². The van der Waals surface area contributed by atoms with E-state index in [1.54, 1.807) is 0 Å². The minimum Gasteiger partial charge on any atom is -0.343 e. The summed E-state index contributed by atoms with van der Waals surface area (Å²) in [4.78, 5) is 3.51. The van der Waals surface area contributed by atoms with Gasteiger partial charge in [-0.3, -0.25) is 4.99 Å².